The van der Waals surface area contributed by atoms with Gasteiger partial charge in [-0.3, -0.25) is 9.98 Å². The fourth-order valence-corrected chi connectivity index (χ4v) is 0.753. The van der Waals surface area contributed by atoms with Crippen LogP contribution in [-0.4, -0.2) is 12.9 Å². The number of allylic oxidation sites excluding steroid dienone is 1. The molecule has 0 amide bonds. The molecular formula is C10H18N2. The Morgan fingerprint density at radius 2 is 2.17 bits per heavy atom. The summed E-state index contributed by atoms with van der Waals surface area (Å²) in [6, 6.07) is 0. The molecule has 0 unspecified atom stereocenters. The van der Waals surface area contributed by atoms with Crippen molar-refractivity contribution in [1.82, 2.24) is 0 Å². The molecule has 0 aliphatic carbocycles. The minimum atomic E-state index is 0.897. The van der Waals surface area contributed by atoms with Crippen molar-refractivity contribution in [2.75, 3.05) is 0 Å². The highest BCUT2D eigenvalue weighted by molar-refractivity contribution is 5.58. The Bertz CT molecular complexity index is 169. The average molecular weight is 166 g/mol. The highest BCUT2D eigenvalue weighted by Gasteiger charge is 1.83. The topological polar surface area (TPSA) is 24.7 Å². The fraction of sp³-hybridized carbons (Fsp3) is 0.600. The summed E-state index contributed by atoms with van der Waals surface area (Å²) in [4.78, 5) is 7.95. The molecule has 0 aliphatic rings. The SMILES string of the molecule is C=N/C(=C\N=CCCCC)CC. The molecule has 0 heterocycles. The van der Waals surface area contributed by atoms with Crippen molar-refractivity contribution in [3.8, 4) is 0 Å². The van der Waals surface area contributed by atoms with Gasteiger partial charge in [-0.1, -0.05) is 20.3 Å². The van der Waals surface area contributed by atoms with E-state index < -0.39 is 0 Å². The van der Waals surface area contributed by atoms with Crippen LogP contribution in [0, 0.1) is 0 Å². The normalized spacial score (nSPS) is 12.3. The summed E-state index contributed by atoms with van der Waals surface area (Å²) in [6.45, 7) is 7.67. The summed E-state index contributed by atoms with van der Waals surface area (Å²) >= 11 is 0. The Balaban J connectivity index is 3.68. The first-order valence-electron chi connectivity index (χ1n) is 4.52. The molecule has 0 fully saturated rings. The monoisotopic (exact) mass is 166 g/mol. The Morgan fingerprint density at radius 1 is 1.42 bits per heavy atom. The lowest BCUT2D eigenvalue weighted by Crippen LogP contribution is -1.76. The third kappa shape index (κ3) is 5.83. The van der Waals surface area contributed by atoms with Crippen LogP contribution in [0.3, 0.4) is 0 Å². The van der Waals surface area contributed by atoms with Gasteiger partial charge in [0.05, 0.1) is 5.70 Å². The van der Waals surface area contributed by atoms with E-state index in [-0.39, 0.29) is 0 Å². The van der Waals surface area contributed by atoms with Crippen LogP contribution in [0.2, 0.25) is 0 Å². The highest BCUT2D eigenvalue weighted by atomic mass is 14.8. The third-order valence-electron chi connectivity index (χ3n) is 1.58. The van der Waals surface area contributed by atoms with Gasteiger partial charge in [0.25, 0.3) is 0 Å². The van der Waals surface area contributed by atoms with Crippen LogP contribution in [-0.2, 0) is 0 Å². The molecule has 12 heavy (non-hydrogen) atoms. The van der Waals surface area contributed by atoms with E-state index in [1.807, 2.05) is 13.1 Å². The van der Waals surface area contributed by atoms with E-state index in [0.717, 1.165) is 18.5 Å². The smallest absolute Gasteiger partial charge is 0.0575 e. The minimum absolute atomic E-state index is 0.897. The quantitative estimate of drug-likeness (QED) is 0.427. The van der Waals surface area contributed by atoms with E-state index in [2.05, 4.69) is 23.6 Å². The van der Waals surface area contributed by atoms with Crippen LogP contribution in [0.1, 0.15) is 39.5 Å². The first-order chi connectivity index (χ1) is 5.85. The van der Waals surface area contributed by atoms with Crippen LogP contribution in [0.5, 0.6) is 0 Å². The molecule has 0 aliphatic heterocycles. The fourth-order valence-electron chi connectivity index (χ4n) is 0.753. The molecule has 2 nitrogen and oxygen atoms in total. The summed E-state index contributed by atoms with van der Waals surface area (Å²) in [5.41, 5.74) is 0.947. The first kappa shape index (κ1) is 11.1. The molecule has 0 saturated heterocycles. The summed E-state index contributed by atoms with van der Waals surface area (Å²) in [6.07, 6.45) is 8.10. The summed E-state index contributed by atoms with van der Waals surface area (Å²) in [5.74, 6) is 0. The lowest BCUT2D eigenvalue weighted by atomic mass is 10.3. The molecule has 0 spiro atoms. The molecule has 0 radical (unpaired) electrons. The maximum Gasteiger partial charge on any atom is 0.0575 e. The Hall–Kier alpha value is -0.920. The molecule has 2 heteroatoms. The number of hydrogen-bond donors (Lipinski definition) is 0. The van der Waals surface area contributed by atoms with Crippen molar-refractivity contribution in [1.29, 1.82) is 0 Å². The Labute approximate surface area is 75.1 Å². The van der Waals surface area contributed by atoms with Crippen molar-refractivity contribution >= 4 is 12.9 Å². The van der Waals surface area contributed by atoms with E-state index in [9.17, 15) is 0 Å². The van der Waals surface area contributed by atoms with Crippen molar-refractivity contribution in [3.05, 3.63) is 11.9 Å². The number of hydrogen-bond acceptors (Lipinski definition) is 2. The minimum Gasteiger partial charge on any atom is -0.267 e. The lowest BCUT2D eigenvalue weighted by Gasteiger charge is -1.90. The summed E-state index contributed by atoms with van der Waals surface area (Å²) in [7, 11) is 0. The van der Waals surface area contributed by atoms with Crippen molar-refractivity contribution in [3.63, 3.8) is 0 Å². The predicted octanol–water partition coefficient (Wildman–Crippen LogP) is 3.20. The Kier molecular flexibility index (Phi) is 7.55. The van der Waals surface area contributed by atoms with Gasteiger partial charge in [-0.2, -0.15) is 0 Å². The van der Waals surface area contributed by atoms with Gasteiger partial charge in [0, 0.05) is 12.4 Å². The van der Waals surface area contributed by atoms with Crippen LogP contribution in [0.4, 0.5) is 0 Å². The van der Waals surface area contributed by atoms with E-state index in [0.29, 0.717) is 0 Å². The lowest BCUT2D eigenvalue weighted by molar-refractivity contribution is 0.842. The zero-order chi connectivity index (χ0) is 9.23. The number of nitrogens with zero attached hydrogens (tertiary/aromatic N) is 2. The zero-order valence-corrected chi connectivity index (χ0v) is 8.08. The Morgan fingerprint density at radius 3 is 2.67 bits per heavy atom. The molecule has 68 valence electrons. The molecule has 0 rings (SSSR count). The average Bonchev–Trinajstić information content (AvgIpc) is 2.11. The second kappa shape index (κ2) is 8.18. The molecular weight excluding hydrogens is 148 g/mol. The van der Waals surface area contributed by atoms with E-state index >= 15 is 0 Å². The van der Waals surface area contributed by atoms with E-state index in [1.165, 1.54) is 12.8 Å². The van der Waals surface area contributed by atoms with Gasteiger partial charge >= 0.3 is 0 Å². The van der Waals surface area contributed by atoms with Crippen molar-refractivity contribution in [2.24, 2.45) is 9.98 Å². The van der Waals surface area contributed by atoms with Crippen LogP contribution in [0.25, 0.3) is 0 Å². The van der Waals surface area contributed by atoms with Crippen LogP contribution >= 0.6 is 0 Å². The molecule has 0 aromatic rings. The highest BCUT2D eigenvalue weighted by Crippen LogP contribution is 2.00. The molecule has 0 saturated carbocycles. The van der Waals surface area contributed by atoms with E-state index in [1.54, 1.807) is 6.20 Å². The maximum atomic E-state index is 4.13. The number of unbranched alkanes of at least 4 members (excludes halogenated alkanes) is 2. The van der Waals surface area contributed by atoms with Crippen molar-refractivity contribution < 1.29 is 0 Å². The predicted molar refractivity (Wildman–Crippen MR) is 55.9 cm³/mol. The first-order valence-corrected chi connectivity index (χ1v) is 4.52. The standard InChI is InChI=1S/C10H18N2/c1-4-6-7-8-12-9-10(5-2)11-3/h8-9H,3-7H2,1-2H3/b10-9-,12-8?. The third-order valence-corrected chi connectivity index (χ3v) is 1.58. The maximum absolute atomic E-state index is 4.13. The van der Waals surface area contributed by atoms with Gasteiger partial charge in [-0.05, 0) is 26.0 Å². The van der Waals surface area contributed by atoms with Gasteiger partial charge in [0.1, 0.15) is 0 Å². The molecule has 0 bridgehead atoms. The van der Waals surface area contributed by atoms with Crippen molar-refractivity contribution in [2.45, 2.75) is 39.5 Å². The van der Waals surface area contributed by atoms with E-state index in [4.69, 9.17) is 0 Å². The second-order valence-electron chi connectivity index (χ2n) is 2.61. The van der Waals surface area contributed by atoms with Gasteiger partial charge < -0.3 is 0 Å². The van der Waals surface area contributed by atoms with Gasteiger partial charge in [-0.15, -0.1) is 0 Å². The summed E-state index contributed by atoms with van der Waals surface area (Å²) in [5, 5.41) is 0. The summed E-state index contributed by atoms with van der Waals surface area (Å²) < 4.78 is 0. The van der Waals surface area contributed by atoms with Crippen LogP contribution in [0.15, 0.2) is 21.9 Å². The molecule has 0 atom stereocenters. The molecule has 0 aromatic carbocycles. The molecule has 0 N–H and O–H groups in total. The number of rotatable bonds is 6. The second-order valence-corrected chi connectivity index (χ2v) is 2.61. The van der Waals surface area contributed by atoms with Gasteiger partial charge in [0.15, 0.2) is 0 Å². The largest absolute Gasteiger partial charge is 0.267 e. The van der Waals surface area contributed by atoms with Gasteiger partial charge in [-0.25, -0.2) is 0 Å². The van der Waals surface area contributed by atoms with Crippen LogP contribution < -0.4 is 0 Å². The van der Waals surface area contributed by atoms with Gasteiger partial charge in [0.2, 0.25) is 0 Å². The number of aliphatic imine (C=N–C) groups is 2. The molecule has 0 aromatic heterocycles. The zero-order valence-electron chi connectivity index (χ0n) is 8.08.